The molecule has 2 amide bonds. The zero-order valence-electron chi connectivity index (χ0n) is 17.7. The Bertz CT molecular complexity index is 714. The van der Waals surface area contributed by atoms with E-state index in [2.05, 4.69) is 15.3 Å². The van der Waals surface area contributed by atoms with Crippen LogP contribution in [0.1, 0.15) is 38.1 Å². The van der Waals surface area contributed by atoms with Crippen LogP contribution in [0.4, 0.5) is 5.69 Å². The molecule has 156 valence electrons. The Labute approximate surface area is 167 Å². The lowest BCUT2D eigenvalue weighted by Gasteiger charge is -2.39. The first-order valence-electron chi connectivity index (χ1n) is 10.2. The lowest BCUT2D eigenvalue weighted by Crippen LogP contribution is -2.51. The molecule has 0 radical (unpaired) electrons. The number of nitrogens with one attached hydrogen (secondary N) is 1. The number of hydrogen-bond acceptors (Lipinski definition) is 5. The zero-order valence-corrected chi connectivity index (χ0v) is 17.7. The molecule has 28 heavy (non-hydrogen) atoms. The normalized spacial score (nSPS) is 24.4. The van der Waals surface area contributed by atoms with Gasteiger partial charge in [-0.3, -0.25) is 19.2 Å². The second-order valence-corrected chi connectivity index (χ2v) is 8.27. The van der Waals surface area contributed by atoms with Crippen LogP contribution < -0.4 is 5.32 Å². The van der Waals surface area contributed by atoms with Gasteiger partial charge in [0, 0.05) is 26.1 Å². The number of piperidine rings is 1. The minimum atomic E-state index is -0.0280. The lowest BCUT2D eigenvalue weighted by molar-refractivity contribution is -0.148. The molecular formula is C20H33N5O3. The summed E-state index contributed by atoms with van der Waals surface area (Å²) in [6, 6.07) is 0. The molecule has 0 spiro atoms. The zero-order chi connectivity index (χ0) is 20.4. The number of morpholine rings is 1. The van der Waals surface area contributed by atoms with Gasteiger partial charge in [0.25, 0.3) is 0 Å². The fourth-order valence-corrected chi connectivity index (χ4v) is 4.29. The van der Waals surface area contributed by atoms with Crippen molar-refractivity contribution >= 4 is 17.5 Å². The van der Waals surface area contributed by atoms with Gasteiger partial charge in [-0.25, -0.2) is 0 Å². The summed E-state index contributed by atoms with van der Waals surface area (Å²) < 4.78 is 7.50. The number of anilines is 1. The van der Waals surface area contributed by atoms with E-state index in [-0.39, 0.29) is 29.9 Å². The number of likely N-dealkylation sites (tertiary alicyclic amines) is 1. The summed E-state index contributed by atoms with van der Waals surface area (Å²) in [5, 5.41) is 7.32. The van der Waals surface area contributed by atoms with Gasteiger partial charge in [-0.1, -0.05) is 0 Å². The summed E-state index contributed by atoms with van der Waals surface area (Å²) in [5.41, 5.74) is 2.57. The summed E-state index contributed by atoms with van der Waals surface area (Å²) in [5.74, 6) is 0.270. The number of nitrogens with zero attached hydrogens (tertiary/aromatic N) is 4. The molecule has 0 bridgehead atoms. The molecule has 3 rings (SSSR count). The van der Waals surface area contributed by atoms with Crippen LogP contribution in [0, 0.1) is 19.8 Å². The predicted octanol–water partition coefficient (Wildman–Crippen LogP) is 1.32. The number of carbonyl (C=O) groups is 2. The van der Waals surface area contributed by atoms with Crippen LogP contribution in [-0.2, 0) is 21.4 Å². The molecule has 1 aromatic rings. The van der Waals surface area contributed by atoms with Crippen LogP contribution in [0.15, 0.2) is 0 Å². The molecule has 2 fully saturated rings. The predicted molar refractivity (Wildman–Crippen MR) is 107 cm³/mol. The average molecular weight is 392 g/mol. The fraction of sp³-hybridized carbons (Fsp3) is 0.750. The van der Waals surface area contributed by atoms with Gasteiger partial charge < -0.3 is 15.0 Å². The Morgan fingerprint density at radius 3 is 2.29 bits per heavy atom. The van der Waals surface area contributed by atoms with E-state index in [1.54, 1.807) is 4.68 Å². The van der Waals surface area contributed by atoms with Crippen molar-refractivity contribution in [2.75, 3.05) is 38.0 Å². The van der Waals surface area contributed by atoms with Gasteiger partial charge in [0.1, 0.15) is 0 Å². The number of aryl methyl sites for hydroxylation is 2. The summed E-state index contributed by atoms with van der Waals surface area (Å²) >= 11 is 0. The Kier molecular flexibility index (Phi) is 6.40. The SMILES string of the molecule is Cc1nn(C)c(C)c1NC(=O)CN1CCC(C(=O)N2C[C@@H](C)O[C@@H](C)C2)CC1. The van der Waals surface area contributed by atoms with E-state index in [0.29, 0.717) is 19.6 Å². The van der Waals surface area contributed by atoms with Crippen LogP contribution in [0.5, 0.6) is 0 Å². The highest BCUT2D eigenvalue weighted by Gasteiger charge is 2.33. The maximum absolute atomic E-state index is 12.9. The monoisotopic (exact) mass is 391 g/mol. The number of amides is 2. The minimum absolute atomic E-state index is 0.0280. The van der Waals surface area contributed by atoms with E-state index in [1.807, 2.05) is 39.6 Å². The van der Waals surface area contributed by atoms with Crippen molar-refractivity contribution in [3.05, 3.63) is 11.4 Å². The van der Waals surface area contributed by atoms with Gasteiger partial charge in [-0.15, -0.1) is 0 Å². The van der Waals surface area contributed by atoms with E-state index >= 15 is 0 Å². The Hall–Kier alpha value is -1.93. The van der Waals surface area contributed by atoms with E-state index in [1.165, 1.54) is 0 Å². The first-order valence-corrected chi connectivity index (χ1v) is 10.2. The van der Waals surface area contributed by atoms with Crippen molar-refractivity contribution in [2.24, 2.45) is 13.0 Å². The number of hydrogen-bond donors (Lipinski definition) is 1. The minimum Gasteiger partial charge on any atom is -0.372 e. The molecule has 2 aliphatic rings. The molecular weight excluding hydrogens is 358 g/mol. The van der Waals surface area contributed by atoms with E-state index in [4.69, 9.17) is 4.74 Å². The van der Waals surface area contributed by atoms with E-state index in [9.17, 15) is 9.59 Å². The second-order valence-electron chi connectivity index (χ2n) is 8.27. The smallest absolute Gasteiger partial charge is 0.238 e. The molecule has 0 unspecified atom stereocenters. The van der Waals surface area contributed by atoms with Crippen molar-refractivity contribution in [1.29, 1.82) is 0 Å². The first kappa shape index (κ1) is 20.8. The summed E-state index contributed by atoms with van der Waals surface area (Å²) in [4.78, 5) is 29.4. The molecule has 3 heterocycles. The standard InChI is InChI=1S/C20H33N5O3/c1-13-10-25(11-14(2)28-13)20(27)17-6-8-24(9-7-17)12-18(26)21-19-15(3)22-23(5)16(19)4/h13-14,17H,6-12H2,1-5H3,(H,21,26)/t13-,14+. The number of rotatable bonds is 4. The second kappa shape index (κ2) is 8.61. The van der Waals surface area contributed by atoms with Gasteiger partial charge in [0.2, 0.25) is 11.8 Å². The van der Waals surface area contributed by atoms with Crippen LogP contribution in [0.25, 0.3) is 0 Å². The highest BCUT2D eigenvalue weighted by Crippen LogP contribution is 2.23. The molecule has 1 aromatic heterocycles. The molecule has 2 saturated heterocycles. The highest BCUT2D eigenvalue weighted by molar-refractivity contribution is 5.93. The largest absolute Gasteiger partial charge is 0.372 e. The number of ether oxygens (including phenoxy) is 1. The van der Waals surface area contributed by atoms with Gasteiger partial charge in [0.15, 0.2) is 0 Å². The molecule has 8 heteroatoms. The Morgan fingerprint density at radius 2 is 1.75 bits per heavy atom. The van der Waals surface area contributed by atoms with Crippen LogP contribution in [-0.4, -0.2) is 76.3 Å². The maximum Gasteiger partial charge on any atom is 0.238 e. The third kappa shape index (κ3) is 4.72. The van der Waals surface area contributed by atoms with Crippen LogP contribution in [0.2, 0.25) is 0 Å². The molecule has 8 nitrogen and oxygen atoms in total. The van der Waals surface area contributed by atoms with Crippen LogP contribution in [0.3, 0.4) is 0 Å². The van der Waals surface area contributed by atoms with Crippen molar-refractivity contribution in [2.45, 2.75) is 52.7 Å². The topological polar surface area (TPSA) is 79.7 Å². The van der Waals surface area contributed by atoms with Gasteiger partial charge in [-0.05, 0) is 53.6 Å². The van der Waals surface area contributed by atoms with Crippen molar-refractivity contribution in [3.8, 4) is 0 Å². The van der Waals surface area contributed by atoms with E-state index < -0.39 is 0 Å². The third-order valence-electron chi connectivity index (χ3n) is 5.81. The van der Waals surface area contributed by atoms with Crippen molar-refractivity contribution < 1.29 is 14.3 Å². The Morgan fingerprint density at radius 1 is 1.14 bits per heavy atom. The van der Waals surface area contributed by atoms with Gasteiger partial charge in [-0.2, -0.15) is 5.10 Å². The summed E-state index contributed by atoms with van der Waals surface area (Å²) in [6.45, 7) is 11.1. The third-order valence-corrected chi connectivity index (χ3v) is 5.81. The van der Waals surface area contributed by atoms with Crippen molar-refractivity contribution in [3.63, 3.8) is 0 Å². The summed E-state index contributed by atoms with van der Waals surface area (Å²) in [7, 11) is 1.87. The average Bonchev–Trinajstić information content (AvgIpc) is 2.87. The first-order chi connectivity index (χ1) is 13.2. The lowest BCUT2D eigenvalue weighted by atomic mass is 9.94. The molecule has 1 N–H and O–H groups in total. The van der Waals surface area contributed by atoms with E-state index in [0.717, 1.165) is 43.0 Å². The van der Waals surface area contributed by atoms with Gasteiger partial charge in [0.05, 0.1) is 35.8 Å². The molecule has 0 aromatic carbocycles. The molecule has 2 atom stereocenters. The highest BCUT2D eigenvalue weighted by atomic mass is 16.5. The Balaban J connectivity index is 1.47. The van der Waals surface area contributed by atoms with Crippen molar-refractivity contribution in [1.82, 2.24) is 19.6 Å². The van der Waals surface area contributed by atoms with Gasteiger partial charge >= 0.3 is 0 Å². The molecule has 2 aliphatic heterocycles. The molecule has 0 aliphatic carbocycles. The quantitative estimate of drug-likeness (QED) is 0.838. The number of carbonyl (C=O) groups excluding carboxylic acids is 2. The number of aromatic nitrogens is 2. The molecule has 0 saturated carbocycles. The maximum atomic E-state index is 12.9. The fourth-order valence-electron chi connectivity index (χ4n) is 4.29. The van der Waals surface area contributed by atoms with Crippen LogP contribution >= 0.6 is 0 Å². The summed E-state index contributed by atoms with van der Waals surface area (Å²) in [6.07, 6.45) is 1.79.